The van der Waals surface area contributed by atoms with Gasteiger partial charge in [0, 0.05) is 36.0 Å². The number of piperazine rings is 1. The Labute approximate surface area is 145 Å². The van der Waals surface area contributed by atoms with E-state index < -0.39 is 11.8 Å². The maximum atomic E-state index is 12.3. The zero-order chi connectivity index (χ0) is 16.8. The van der Waals surface area contributed by atoms with Gasteiger partial charge in [-0.3, -0.25) is 9.59 Å². The van der Waals surface area contributed by atoms with Crippen LogP contribution in [0.4, 0.5) is 5.69 Å². The van der Waals surface area contributed by atoms with E-state index in [-0.39, 0.29) is 0 Å². The van der Waals surface area contributed by atoms with Gasteiger partial charge in [-0.05, 0) is 24.3 Å². The first-order valence-electron chi connectivity index (χ1n) is 7.87. The number of rotatable bonds is 3. The van der Waals surface area contributed by atoms with Crippen LogP contribution in [0.5, 0.6) is 0 Å². The standard InChI is InChI=1S/C18H19N3O2S/c22-17(18(23)21-12-10-19-11-13-21)20-15-8-4-5-9-16(15)24-14-6-2-1-3-7-14/h1-9,19H,10-13H2,(H,20,22). The molecule has 2 amide bonds. The first-order chi connectivity index (χ1) is 11.7. The number of amides is 2. The van der Waals surface area contributed by atoms with E-state index in [0.29, 0.717) is 18.8 Å². The molecule has 0 bridgehead atoms. The van der Waals surface area contributed by atoms with Crippen molar-refractivity contribution in [2.45, 2.75) is 9.79 Å². The molecule has 1 aliphatic heterocycles. The van der Waals surface area contributed by atoms with Gasteiger partial charge >= 0.3 is 11.8 Å². The number of nitrogens with one attached hydrogen (secondary N) is 2. The molecule has 6 heteroatoms. The van der Waals surface area contributed by atoms with Gasteiger partial charge in [-0.2, -0.15) is 0 Å². The third-order valence-corrected chi connectivity index (χ3v) is 4.79. The Kier molecular flexibility index (Phi) is 5.51. The number of para-hydroxylation sites is 1. The van der Waals surface area contributed by atoms with Gasteiger partial charge < -0.3 is 15.5 Å². The highest BCUT2D eigenvalue weighted by atomic mass is 32.2. The van der Waals surface area contributed by atoms with Crippen molar-refractivity contribution in [3.63, 3.8) is 0 Å². The molecule has 2 N–H and O–H groups in total. The van der Waals surface area contributed by atoms with Crippen LogP contribution >= 0.6 is 11.8 Å². The van der Waals surface area contributed by atoms with Gasteiger partial charge in [0.05, 0.1) is 5.69 Å². The van der Waals surface area contributed by atoms with Crippen molar-refractivity contribution in [1.29, 1.82) is 0 Å². The Morgan fingerprint density at radius 2 is 1.62 bits per heavy atom. The van der Waals surface area contributed by atoms with E-state index in [2.05, 4.69) is 10.6 Å². The summed E-state index contributed by atoms with van der Waals surface area (Å²) in [5.41, 5.74) is 0.653. The minimum atomic E-state index is -0.585. The lowest BCUT2D eigenvalue weighted by Crippen LogP contribution is -2.49. The predicted octanol–water partition coefficient (Wildman–Crippen LogP) is 2.21. The molecule has 0 atom stereocenters. The largest absolute Gasteiger partial charge is 0.332 e. The Morgan fingerprint density at radius 3 is 2.38 bits per heavy atom. The third kappa shape index (κ3) is 4.15. The normalized spacial score (nSPS) is 14.2. The molecular weight excluding hydrogens is 322 g/mol. The van der Waals surface area contributed by atoms with Crippen LogP contribution in [0.3, 0.4) is 0 Å². The smallest absolute Gasteiger partial charge is 0.313 e. The average molecular weight is 341 g/mol. The summed E-state index contributed by atoms with van der Waals surface area (Å²) < 4.78 is 0. The van der Waals surface area contributed by atoms with Gasteiger partial charge in [-0.1, -0.05) is 42.1 Å². The van der Waals surface area contributed by atoms with Gasteiger partial charge in [0.25, 0.3) is 0 Å². The molecule has 1 heterocycles. The fourth-order valence-electron chi connectivity index (χ4n) is 2.46. The van der Waals surface area contributed by atoms with Crippen LogP contribution in [-0.2, 0) is 9.59 Å². The summed E-state index contributed by atoms with van der Waals surface area (Å²) in [7, 11) is 0. The minimum absolute atomic E-state index is 0.476. The molecule has 2 aromatic rings. The fraction of sp³-hybridized carbons (Fsp3) is 0.222. The van der Waals surface area contributed by atoms with E-state index in [1.54, 1.807) is 16.7 Å². The molecule has 0 radical (unpaired) electrons. The highest BCUT2D eigenvalue weighted by Gasteiger charge is 2.23. The van der Waals surface area contributed by atoms with E-state index in [1.165, 1.54) is 0 Å². The van der Waals surface area contributed by atoms with E-state index >= 15 is 0 Å². The Morgan fingerprint density at radius 1 is 0.958 bits per heavy atom. The summed E-state index contributed by atoms with van der Waals surface area (Å²) in [6.07, 6.45) is 0. The summed E-state index contributed by atoms with van der Waals surface area (Å²) >= 11 is 1.55. The number of hydrogen-bond acceptors (Lipinski definition) is 4. The van der Waals surface area contributed by atoms with Gasteiger partial charge in [0.15, 0.2) is 0 Å². The molecule has 24 heavy (non-hydrogen) atoms. The van der Waals surface area contributed by atoms with Crippen LogP contribution in [0, 0.1) is 0 Å². The maximum Gasteiger partial charge on any atom is 0.313 e. The predicted molar refractivity (Wildman–Crippen MR) is 95.1 cm³/mol. The fourth-order valence-corrected chi connectivity index (χ4v) is 3.38. The van der Waals surface area contributed by atoms with Crippen LogP contribution in [0.25, 0.3) is 0 Å². The molecule has 3 rings (SSSR count). The number of carbonyl (C=O) groups is 2. The summed E-state index contributed by atoms with van der Waals surface area (Å²) in [6.45, 7) is 2.57. The topological polar surface area (TPSA) is 61.4 Å². The zero-order valence-corrected chi connectivity index (χ0v) is 14.0. The van der Waals surface area contributed by atoms with Gasteiger partial charge in [0.2, 0.25) is 0 Å². The summed E-state index contributed by atoms with van der Waals surface area (Å²) in [5, 5.41) is 5.92. The zero-order valence-electron chi connectivity index (χ0n) is 13.2. The molecule has 0 aliphatic carbocycles. The third-order valence-electron chi connectivity index (χ3n) is 3.70. The Bertz CT molecular complexity index is 715. The van der Waals surface area contributed by atoms with Gasteiger partial charge in [-0.15, -0.1) is 0 Å². The SMILES string of the molecule is O=C(Nc1ccccc1Sc1ccccc1)C(=O)N1CCNCC1. The van der Waals surface area contributed by atoms with Crippen molar-refractivity contribution < 1.29 is 9.59 Å². The molecule has 1 aliphatic rings. The van der Waals surface area contributed by atoms with E-state index in [0.717, 1.165) is 22.9 Å². The second-order valence-corrected chi connectivity index (χ2v) is 6.52. The number of carbonyl (C=O) groups excluding carboxylic acids is 2. The Hall–Kier alpha value is -2.31. The van der Waals surface area contributed by atoms with Crippen LogP contribution in [0.1, 0.15) is 0 Å². The van der Waals surface area contributed by atoms with Crippen molar-refractivity contribution in [2.24, 2.45) is 0 Å². The number of nitrogens with zero attached hydrogens (tertiary/aromatic N) is 1. The Balaban J connectivity index is 1.70. The van der Waals surface area contributed by atoms with E-state index in [1.807, 2.05) is 54.6 Å². The first kappa shape index (κ1) is 16.5. The van der Waals surface area contributed by atoms with E-state index in [4.69, 9.17) is 0 Å². The van der Waals surface area contributed by atoms with Crippen molar-refractivity contribution in [3.8, 4) is 0 Å². The highest BCUT2D eigenvalue weighted by Crippen LogP contribution is 2.33. The molecule has 0 aromatic heterocycles. The van der Waals surface area contributed by atoms with Crippen molar-refractivity contribution >= 4 is 29.3 Å². The molecule has 1 saturated heterocycles. The molecule has 2 aromatic carbocycles. The van der Waals surface area contributed by atoms with Crippen molar-refractivity contribution in [3.05, 3.63) is 54.6 Å². The van der Waals surface area contributed by atoms with Crippen molar-refractivity contribution in [2.75, 3.05) is 31.5 Å². The van der Waals surface area contributed by atoms with Crippen LogP contribution in [0.2, 0.25) is 0 Å². The van der Waals surface area contributed by atoms with Crippen LogP contribution < -0.4 is 10.6 Å². The average Bonchev–Trinajstić information content (AvgIpc) is 2.64. The molecule has 0 saturated carbocycles. The lowest BCUT2D eigenvalue weighted by molar-refractivity contribution is -0.143. The van der Waals surface area contributed by atoms with Gasteiger partial charge in [0.1, 0.15) is 0 Å². The summed E-state index contributed by atoms with van der Waals surface area (Å²) in [5.74, 6) is -1.06. The summed E-state index contributed by atoms with van der Waals surface area (Å²) in [6, 6.07) is 17.4. The van der Waals surface area contributed by atoms with Crippen LogP contribution in [-0.4, -0.2) is 42.9 Å². The minimum Gasteiger partial charge on any atom is -0.332 e. The van der Waals surface area contributed by atoms with Gasteiger partial charge in [-0.25, -0.2) is 0 Å². The number of hydrogen-bond donors (Lipinski definition) is 2. The monoisotopic (exact) mass is 341 g/mol. The van der Waals surface area contributed by atoms with Crippen LogP contribution in [0.15, 0.2) is 64.4 Å². The molecule has 0 unspecified atom stereocenters. The number of benzene rings is 2. The molecule has 5 nitrogen and oxygen atoms in total. The quantitative estimate of drug-likeness (QED) is 0.841. The molecule has 1 fully saturated rings. The number of anilines is 1. The van der Waals surface area contributed by atoms with Crippen molar-refractivity contribution in [1.82, 2.24) is 10.2 Å². The lowest BCUT2D eigenvalue weighted by Gasteiger charge is -2.26. The molecule has 0 spiro atoms. The molecule has 124 valence electrons. The lowest BCUT2D eigenvalue weighted by atomic mass is 10.3. The highest BCUT2D eigenvalue weighted by molar-refractivity contribution is 7.99. The second-order valence-electron chi connectivity index (χ2n) is 5.41. The summed E-state index contributed by atoms with van der Waals surface area (Å²) in [4.78, 5) is 28.1. The second kappa shape index (κ2) is 7.99. The first-order valence-corrected chi connectivity index (χ1v) is 8.68. The molecular formula is C18H19N3O2S. The maximum absolute atomic E-state index is 12.3. The van der Waals surface area contributed by atoms with E-state index in [9.17, 15) is 9.59 Å².